The van der Waals surface area contributed by atoms with E-state index in [1.807, 2.05) is 12.3 Å². The molecule has 1 aromatic rings. The van der Waals surface area contributed by atoms with Crippen molar-refractivity contribution in [2.24, 2.45) is 5.41 Å². The molecule has 3 nitrogen and oxygen atoms in total. The Bertz CT molecular complexity index is 340. The number of pyridine rings is 1. The lowest BCUT2D eigenvalue weighted by Crippen LogP contribution is -2.24. The second kappa shape index (κ2) is 6.01. The highest BCUT2D eigenvalue weighted by Gasteiger charge is 2.11. The van der Waals surface area contributed by atoms with Gasteiger partial charge in [0.1, 0.15) is 5.82 Å². The minimum absolute atomic E-state index is 0.264. The first kappa shape index (κ1) is 14.0. The minimum atomic E-state index is 0.264. The van der Waals surface area contributed by atoms with Crippen LogP contribution in [0.1, 0.15) is 40.2 Å². The van der Waals surface area contributed by atoms with Gasteiger partial charge in [0.15, 0.2) is 0 Å². The van der Waals surface area contributed by atoms with Crippen molar-refractivity contribution in [3.8, 4) is 0 Å². The Labute approximate surface area is 105 Å². The Morgan fingerprint density at radius 3 is 2.59 bits per heavy atom. The normalized spacial score (nSPS) is 11.9. The largest absolute Gasteiger partial charge is 0.369 e. The second-order valence-electron chi connectivity index (χ2n) is 5.96. The molecule has 0 saturated heterocycles. The van der Waals surface area contributed by atoms with E-state index >= 15 is 0 Å². The van der Waals surface area contributed by atoms with E-state index in [9.17, 15) is 0 Å². The molecule has 0 atom stereocenters. The van der Waals surface area contributed by atoms with Crippen molar-refractivity contribution in [3.05, 3.63) is 23.9 Å². The fraction of sp³-hybridized carbons (Fsp3) is 0.643. The summed E-state index contributed by atoms with van der Waals surface area (Å²) < 4.78 is 0. The van der Waals surface area contributed by atoms with Gasteiger partial charge in [0.25, 0.3) is 0 Å². The van der Waals surface area contributed by atoms with Gasteiger partial charge in [0, 0.05) is 30.9 Å². The molecule has 0 amide bonds. The van der Waals surface area contributed by atoms with Crippen LogP contribution in [-0.4, -0.2) is 17.6 Å². The molecule has 96 valence electrons. The molecular weight excluding hydrogens is 210 g/mol. The molecule has 3 heteroatoms. The Balaban J connectivity index is 2.64. The lowest BCUT2D eigenvalue weighted by atomic mass is 9.97. The molecule has 0 radical (unpaired) electrons. The summed E-state index contributed by atoms with van der Waals surface area (Å²) in [5.74, 6) is 0.996. The quantitative estimate of drug-likeness (QED) is 0.823. The van der Waals surface area contributed by atoms with Crippen LogP contribution in [0.5, 0.6) is 0 Å². The van der Waals surface area contributed by atoms with Crippen LogP contribution in [0.3, 0.4) is 0 Å². The first-order valence-corrected chi connectivity index (χ1v) is 6.29. The average molecular weight is 235 g/mol. The van der Waals surface area contributed by atoms with Gasteiger partial charge in [-0.15, -0.1) is 0 Å². The van der Waals surface area contributed by atoms with E-state index in [0.29, 0.717) is 6.04 Å². The molecular formula is C14H25N3. The summed E-state index contributed by atoms with van der Waals surface area (Å²) in [7, 11) is 0. The summed E-state index contributed by atoms with van der Waals surface area (Å²) >= 11 is 0. The number of hydrogen-bond donors (Lipinski definition) is 2. The molecule has 0 bridgehead atoms. The Morgan fingerprint density at radius 1 is 1.29 bits per heavy atom. The smallest absolute Gasteiger partial charge is 0.130 e. The lowest BCUT2D eigenvalue weighted by molar-refractivity contribution is 0.442. The van der Waals surface area contributed by atoms with Crippen LogP contribution < -0.4 is 10.6 Å². The van der Waals surface area contributed by atoms with E-state index in [1.165, 1.54) is 5.56 Å². The summed E-state index contributed by atoms with van der Waals surface area (Å²) in [5.41, 5.74) is 1.49. The molecule has 0 aromatic carbocycles. The molecule has 0 unspecified atom stereocenters. The summed E-state index contributed by atoms with van der Waals surface area (Å²) in [5, 5.41) is 6.85. The van der Waals surface area contributed by atoms with Crippen molar-refractivity contribution in [1.82, 2.24) is 10.3 Å². The van der Waals surface area contributed by atoms with Crippen LogP contribution in [0.4, 0.5) is 5.82 Å². The molecule has 1 heterocycles. The minimum Gasteiger partial charge on any atom is -0.369 e. The van der Waals surface area contributed by atoms with Crippen molar-refractivity contribution in [2.45, 2.75) is 47.2 Å². The second-order valence-corrected chi connectivity index (χ2v) is 5.96. The van der Waals surface area contributed by atoms with Crippen LogP contribution in [-0.2, 0) is 6.54 Å². The molecule has 0 aliphatic heterocycles. The fourth-order valence-electron chi connectivity index (χ4n) is 1.40. The van der Waals surface area contributed by atoms with Crippen molar-refractivity contribution in [2.75, 3.05) is 11.9 Å². The maximum atomic E-state index is 4.41. The first-order chi connectivity index (χ1) is 7.88. The zero-order chi connectivity index (χ0) is 12.9. The monoisotopic (exact) mass is 235 g/mol. The van der Waals surface area contributed by atoms with Crippen molar-refractivity contribution >= 4 is 5.82 Å². The zero-order valence-electron chi connectivity index (χ0n) is 11.7. The number of nitrogens with zero attached hydrogens (tertiary/aromatic N) is 1. The Hall–Kier alpha value is -1.09. The molecule has 1 rings (SSSR count). The first-order valence-electron chi connectivity index (χ1n) is 6.29. The van der Waals surface area contributed by atoms with E-state index in [0.717, 1.165) is 18.9 Å². The van der Waals surface area contributed by atoms with Gasteiger partial charge in [-0.1, -0.05) is 40.7 Å². The third-order valence-electron chi connectivity index (χ3n) is 2.38. The molecule has 1 aromatic heterocycles. The highest BCUT2D eigenvalue weighted by molar-refractivity contribution is 5.43. The molecule has 17 heavy (non-hydrogen) atoms. The van der Waals surface area contributed by atoms with Gasteiger partial charge in [-0.05, 0) is 11.5 Å². The topological polar surface area (TPSA) is 37.0 Å². The van der Waals surface area contributed by atoms with Crippen LogP contribution in [0.2, 0.25) is 0 Å². The highest BCUT2D eigenvalue weighted by atomic mass is 15.0. The van der Waals surface area contributed by atoms with Crippen molar-refractivity contribution in [1.29, 1.82) is 0 Å². The van der Waals surface area contributed by atoms with Gasteiger partial charge in [-0.25, -0.2) is 4.98 Å². The van der Waals surface area contributed by atoms with Gasteiger partial charge < -0.3 is 10.6 Å². The van der Waals surface area contributed by atoms with Gasteiger partial charge >= 0.3 is 0 Å². The standard InChI is InChI=1S/C14H25N3/c1-11(2)16-9-12-7-6-8-15-13(12)17-10-14(3,4)5/h6-8,11,16H,9-10H2,1-5H3,(H,15,17). The van der Waals surface area contributed by atoms with E-state index in [1.54, 1.807) is 0 Å². The highest BCUT2D eigenvalue weighted by Crippen LogP contribution is 2.17. The molecule has 0 saturated carbocycles. The maximum Gasteiger partial charge on any atom is 0.130 e. The zero-order valence-corrected chi connectivity index (χ0v) is 11.7. The third-order valence-corrected chi connectivity index (χ3v) is 2.38. The summed E-state index contributed by atoms with van der Waals surface area (Å²) in [4.78, 5) is 4.41. The van der Waals surface area contributed by atoms with Crippen LogP contribution >= 0.6 is 0 Å². The van der Waals surface area contributed by atoms with Crippen LogP contribution in [0, 0.1) is 5.41 Å². The molecule has 0 fully saturated rings. The molecule has 2 N–H and O–H groups in total. The van der Waals surface area contributed by atoms with E-state index in [4.69, 9.17) is 0 Å². The third kappa shape index (κ3) is 5.68. The Morgan fingerprint density at radius 2 is 2.00 bits per heavy atom. The SMILES string of the molecule is CC(C)NCc1cccnc1NCC(C)(C)C. The number of nitrogens with one attached hydrogen (secondary N) is 2. The van der Waals surface area contributed by atoms with Crippen molar-refractivity contribution in [3.63, 3.8) is 0 Å². The predicted molar refractivity (Wildman–Crippen MR) is 74.2 cm³/mol. The summed E-state index contributed by atoms with van der Waals surface area (Å²) in [6.07, 6.45) is 1.84. The molecule has 0 aliphatic carbocycles. The fourth-order valence-corrected chi connectivity index (χ4v) is 1.40. The number of anilines is 1. The summed E-state index contributed by atoms with van der Waals surface area (Å²) in [6.45, 7) is 12.7. The Kier molecular flexibility index (Phi) is 4.94. The van der Waals surface area contributed by atoms with E-state index < -0.39 is 0 Å². The van der Waals surface area contributed by atoms with Gasteiger partial charge in [0.05, 0.1) is 0 Å². The number of aromatic nitrogens is 1. The van der Waals surface area contributed by atoms with Crippen LogP contribution in [0.25, 0.3) is 0 Å². The molecule has 0 aliphatic rings. The average Bonchev–Trinajstić information content (AvgIpc) is 2.23. The number of rotatable bonds is 5. The van der Waals surface area contributed by atoms with E-state index in [-0.39, 0.29) is 5.41 Å². The van der Waals surface area contributed by atoms with Gasteiger partial charge in [0.2, 0.25) is 0 Å². The molecule has 0 spiro atoms. The predicted octanol–water partition coefficient (Wildman–Crippen LogP) is 3.04. The lowest BCUT2D eigenvalue weighted by Gasteiger charge is -2.20. The van der Waals surface area contributed by atoms with Crippen LogP contribution in [0.15, 0.2) is 18.3 Å². The maximum absolute atomic E-state index is 4.41. The van der Waals surface area contributed by atoms with E-state index in [2.05, 4.69) is 56.3 Å². The van der Waals surface area contributed by atoms with Gasteiger partial charge in [-0.2, -0.15) is 0 Å². The van der Waals surface area contributed by atoms with Crippen molar-refractivity contribution < 1.29 is 0 Å². The number of hydrogen-bond acceptors (Lipinski definition) is 3. The summed E-state index contributed by atoms with van der Waals surface area (Å²) in [6, 6.07) is 4.60. The van der Waals surface area contributed by atoms with Gasteiger partial charge in [-0.3, -0.25) is 0 Å².